The van der Waals surface area contributed by atoms with Crippen molar-refractivity contribution in [2.24, 2.45) is 0 Å². The molecule has 19 heavy (non-hydrogen) atoms. The van der Waals surface area contributed by atoms with Gasteiger partial charge in [0.2, 0.25) is 10.0 Å². The Morgan fingerprint density at radius 1 is 1.37 bits per heavy atom. The lowest BCUT2D eigenvalue weighted by Gasteiger charge is -2.13. The Bertz CT molecular complexity index is 539. The molecule has 0 aliphatic heterocycles. The first kappa shape index (κ1) is 14.3. The maximum absolute atomic E-state index is 11.8. The minimum absolute atomic E-state index is 0.269. The highest BCUT2D eigenvalue weighted by Crippen LogP contribution is 2.25. The van der Waals surface area contributed by atoms with E-state index in [1.165, 1.54) is 19.9 Å². The van der Waals surface area contributed by atoms with Gasteiger partial charge in [-0.15, -0.1) is 0 Å². The van der Waals surface area contributed by atoms with Gasteiger partial charge in [-0.25, -0.2) is 13.1 Å². The summed E-state index contributed by atoms with van der Waals surface area (Å²) in [7, 11) is -2.00. The Morgan fingerprint density at radius 3 is 2.68 bits per heavy atom. The number of nitrogens with one attached hydrogen (secondary N) is 2. The smallest absolute Gasteiger partial charge is 0.240 e. The van der Waals surface area contributed by atoms with Crippen LogP contribution in [0.4, 0.5) is 0 Å². The van der Waals surface area contributed by atoms with Crippen molar-refractivity contribution in [3.05, 3.63) is 23.8 Å². The zero-order valence-electron chi connectivity index (χ0n) is 11.3. The lowest BCUT2D eigenvalue weighted by molar-refractivity contribution is 0.335. The Labute approximate surface area is 114 Å². The van der Waals surface area contributed by atoms with Gasteiger partial charge in [-0.2, -0.15) is 0 Å². The minimum Gasteiger partial charge on any atom is -0.494 e. The van der Waals surface area contributed by atoms with E-state index in [1.54, 1.807) is 18.2 Å². The lowest BCUT2D eigenvalue weighted by atomic mass is 10.2. The monoisotopic (exact) mass is 284 g/mol. The summed E-state index contributed by atoms with van der Waals surface area (Å²) >= 11 is 0. The second-order valence-electron chi connectivity index (χ2n) is 4.57. The first-order valence-corrected chi connectivity index (χ1v) is 7.97. The largest absolute Gasteiger partial charge is 0.494 e. The molecule has 1 aliphatic carbocycles. The van der Waals surface area contributed by atoms with Gasteiger partial charge in [-0.1, -0.05) is 0 Å². The van der Waals surface area contributed by atoms with Gasteiger partial charge in [0.1, 0.15) is 5.75 Å². The van der Waals surface area contributed by atoms with E-state index in [-0.39, 0.29) is 4.90 Å². The third-order valence-electron chi connectivity index (χ3n) is 3.07. The number of hydrogen-bond acceptors (Lipinski definition) is 4. The molecule has 0 saturated heterocycles. The fourth-order valence-electron chi connectivity index (χ4n) is 1.82. The molecule has 106 valence electrons. The van der Waals surface area contributed by atoms with Crippen LogP contribution in [0, 0.1) is 0 Å². The second kappa shape index (κ2) is 5.90. The van der Waals surface area contributed by atoms with E-state index in [1.807, 2.05) is 6.92 Å². The van der Waals surface area contributed by atoms with Gasteiger partial charge in [-0.05, 0) is 45.0 Å². The SMILES string of the molecule is CCOc1ccc(S(=O)(=O)NC)cc1CNC1CC1. The molecule has 0 bridgehead atoms. The average molecular weight is 284 g/mol. The zero-order valence-corrected chi connectivity index (χ0v) is 12.1. The number of rotatable bonds is 7. The molecule has 1 fully saturated rings. The second-order valence-corrected chi connectivity index (χ2v) is 6.45. The fraction of sp³-hybridized carbons (Fsp3) is 0.538. The Balaban J connectivity index is 2.25. The van der Waals surface area contributed by atoms with Crippen LogP contribution in [0.5, 0.6) is 5.75 Å². The summed E-state index contributed by atoms with van der Waals surface area (Å²) in [5.41, 5.74) is 0.880. The van der Waals surface area contributed by atoms with Gasteiger partial charge in [0.05, 0.1) is 11.5 Å². The molecule has 0 amide bonds. The predicted molar refractivity (Wildman–Crippen MR) is 73.7 cm³/mol. The average Bonchev–Trinajstić information content (AvgIpc) is 3.22. The lowest BCUT2D eigenvalue weighted by Crippen LogP contribution is -2.20. The van der Waals surface area contributed by atoms with Crippen molar-refractivity contribution in [3.8, 4) is 5.75 Å². The molecular weight excluding hydrogens is 264 g/mol. The molecule has 1 aromatic rings. The van der Waals surface area contributed by atoms with E-state index in [9.17, 15) is 8.42 Å². The molecule has 0 heterocycles. The number of benzene rings is 1. The van der Waals surface area contributed by atoms with E-state index >= 15 is 0 Å². The summed E-state index contributed by atoms with van der Waals surface area (Å²) in [6.07, 6.45) is 2.39. The van der Waals surface area contributed by atoms with Crippen molar-refractivity contribution in [1.29, 1.82) is 0 Å². The number of hydrogen-bond donors (Lipinski definition) is 2. The van der Waals surface area contributed by atoms with Crippen molar-refractivity contribution < 1.29 is 13.2 Å². The maximum Gasteiger partial charge on any atom is 0.240 e. The van der Waals surface area contributed by atoms with Crippen LogP contribution in [0.1, 0.15) is 25.3 Å². The maximum atomic E-state index is 11.8. The van der Waals surface area contributed by atoms with Crippen molar-refractivity contribution in [1.82, 2.24) is 10.0 Å². The van der Waals surface area contributed by atoms with E-state index < -0.39 is 10.0 Å². The van der Waals surface area contributed by atoms with Gasteiger partial charge in [0.25, 0.3) is 0 Å². The van der Waals surface area contributed by atoms with Crippen LogP contribution in [0.15, 0.2) is 23.1 Å². The standard InChI is InChI=1S/C13H20N2O3S/c1-3-18-13-7-6-12(19(16,17)14-2)8-10(13)9-15-11-4-5-11/h6-8,11,14-15H,3-5,9H2,1-2H3. The molecule has 5 nitrogen and oxygen atoms in total. The van der Waals surface area contributed by atoms with Crippen molar-refractivity contribution in [2.75, 3.05) is 13.7 Å². The molecule has 0 spiro atoms. The van der Waals surface area contributed by atoms with Crippen molar-refractivity contribution in [3.63, 3.8) is 0 Å². The molecule has 0 atom stereocenters. The van der Waals surface area contributed by atoms with Crippen molar-refractivity contribution in [2.45, 2.75) is 37.2 Å². The molecule has 1 saturated carbocycles. The summed E-state index contributed by atoms with van der Waals surface area (Å²) in [6, 6.07) is 5.53. The molecule has 0 radical (unpaired) electrons. The van der Waals surface area contributed by atoms with Crippen LogP contribution < -0.4 is 14.8 Å². The third kappa shape index (κ3) is 3.68. The molecular formula is C13H20N2O3S. The highest BCUT2D eigenvalue weighted by atomic mass is 32.2. The quantitative estimate of drug-likeness (QED) is 0.790. The molecule has 0 aromatic heterocycles. The first-order chi connectivity index (χ1) is 9.06. The van der Waals surface area contributed by atoms with Crippen LogP contribution in [0.3, 0.4) is 0 Å². The molecule has 1 aromatic carbocycles. The molecule has 2 N–H and O–H groups in total. The zero-order chi connectivity index (χ0) is 13.9. The summed E-state index contributed by atoms with van der Waals surface area (Å²) < 4.78 is 31.5. The van der Waals surface area contributed by atoms with E-state index in [0.29, 0.717) is 19.2 Å². The highest BCUT2D eigenvalue weighted by Gasteiger charge is 2.21. The summed E-state index contributed by atoms with van der Waals surface area (Å²) in [5.74, 6) is 0.741. The third-order valence-corrected chi connectivity index (χ3v) is 4.48. The van der Waals surface area contributed by atoms with Gasteiger partial charge < -0.3 is 10.1 Å². The van der Waals surface area contributed by atoms with Crippen LogP contribution in [0.2, 0.25) is 0 Å². The van der Waals surface area contributed by atoms with E-state index in [4.69, 9.17) is 4.74 Å². The van der Waals surface area contributed by atoms with E-state index in [0.717, 1.165) is 11.3 Å². The molecule has 1 aliphatic rings. The van der Waals surface area contributed by atoms with E-state index in [2.05, 4.69) is 10.0 Å². The normalized spacial score (nSPS) is 15.5. The molecule has 6 heteroatoms. The van der Waals surface area contributed by atoms with Gasteiger partial charge in [-0.3, -0.25) is 0 Å². The summed E-state index contributed by atoms with van der Waals surface area (Å²) in [6.45, 7) is 3.11. The topological polar surface area (TPSA) is 67.4 Å². The van der Waals surface area contributed by atoms with Crippen LogP contribution in [-0.2, 0) is 16.6 Å². The van der Waals surface area contributed by atoms with Crippen LogP contribution in [-0.4, -0.2) is 28.1 Å². The highest BCUT2D eigenvalue weighted by molar-refractivity contribution is 7.89. The minimum atomic E-state index is -3.41. The molecule has 0 unspecified atom stereocenters. The summed E-state index contributed by atoms with van der Waals surface area (Å²) in [5, 5.41) is 3.37. The summed E-state index contributed by atoms with van der Waals surface area (Å²) in [4.78, 5) is 0.269. The van der Waals surface area contributed by atoms with Crippen LogP contribution in [0.25, 0.3) is 0 Å². The van der Waals surface area contributed by atoms with Gasteiger partial charge in [0.15, 0.2) is 0 Å². The van der Waals surface area contributed by atoms with Gasteiger partial charge in [0, 0.05) is 18.2 Å². The van der Waals surface area contributed by atoms with Crippen LogP contribution >= 0.6 is 0 Å². The predicted octanol–water partition coefficient (Wildman–Crippen LogP) is 1.25. The van der Waals surface area contributed by atoms with Crippen molar-refractivity contribution >= 4 is 10.0 Å². The number of ether oxygens (including phenoxy) is 1. The Hall–Kier alpha value is -1.11. The Kier molecular flexibility index (Phi) is 4.44. The first-order valence-electron chi connectivity index (χ1n) is 6.49. The number of sulfonamides is 1. The molecule has 2 rings (SSSR count). The van der Waals surface area contributed by atoms with Gasteiger partial charge >= 0.3 is 0 Å². The fourth-order valence-corrected chi connectivity index (χ4v) is 2.60. The Morgan fingerprint density at radius 2 is 2.11 bits per heavy atom.